The normalized spacial score (nSPS) is 10.3. The highest BCUT2D eigenvalue weighted by Gasteiger charge is 2.05. The van der Waals surface area contributed by atoms with E-state index in [4.69, 9.17) is 0 Å². The number of carbonyl (C=O) groups is 2. The molecule has 0 aliphatic rings. The van der Waals surface area contributed by atoms with E-state index in [-0.39, 0.29) is 11.8 Å². The molecule has 0 radical (unpaired) electrons. The molecule has 1 heterocycles. The highest BCUT2D eigenvalue weighted by molar-refractivity contribution is 5.95. The lowest BCUT2D eigenvalue weighted by atomic mass is 10.1. The number of benzene rings is 2. The van der Waals surface area contributed by atoms with Gasteiger partial charge in [-0.2, -0.15) is 5.10 Å². The molecule has 0 aliphatic carbocycles. The number of hydrogen-bond acceptors (Lipinski definition) is 3. The van der Waals surface area contributed by atoms with E-state index >= 15 is 0 Å². The molecular weight excluding hydrogens is 328 g/mol. The molecule has 3 aromatic rings. The van der Waals surface area contributed by atoms with E-state index in [1.165, 1.54) is 6.92 Å². The van der Waals surface area contributed by atoms with Crippen LogP contribution in [-0.4, -0.2) is 28.1 Å². The Morgan fingerprint density at radius 2 is 1.77 bits per heavy atom. The van der Waals surface area contributed by atoms with E-state index in [0.29, 0.717) is 17.8 Å². The van der Waals surface area contributed by atoms with E-state index in [1.54, 1.807) is 35.1 Å². The van der Waals surface area contributed by atoms with Crippen molar-refractivity contribution >= 4 is 17.5 Å². The van der Waals surface area contributed by atoms with Gasteiger partial charge in [0.25, 0.3) is 5.91 Å². The van der Waals surface area contributed by atoms with Crippen molar-refractivity contribution in [2.24, 2.45) is 0 Å². The first kappa shape index (κ1) is 17.4. The fourth-order valence-corrected chi connectivity index (χ4v) is 2.57. The van der Waals surface area contributed by atoms with Gasteiger partial charge in [0.15, 0.2) is 0 Å². The summed E-state index contributed by atoms with van der Waals surface area (Å²) < 4.78 is 1.80. The highest BCUT2D eigenvalue weighted by Crippen LogP contribution is 2.10. The van der Waals surface area contributed by atoms with Crippen molar-refractivity contribution in [2.45, 2.75) is 13.3 Å². The predicted molar refractivity (Wildman–Crippen MR) is 100 cm³/mol. The Kier molecular flexibility index (Phi) is 5.43. The predicted octanol–water partition coefficient (Wildman–Crippen LogP) is 2.80. The summed E-state index contributed by atoms with van der Waals surface area (Å²) in [6, 6.07) is 16.8. The minimum absolute atomic E-state index is 0.132. The van der Waals surface area contributed by atoms with Crippen LogP contribution in [0.3, 0.4) is 0 Å². The molecule has 1 aromatic heterocycles. The lowest BCUT2D eigenvalue weighted by Gasteiger charge is -2.08. The Bertz CT molecular complexity index is 869. The Morgan fingerprint density at radius 1 is 1.04 bits per heavy atom. The van der Waals surface area contributed by atoms with Crippen molar-refractivity contribution in [3.63, 3.8) is 0 Å². The highest BCUT2D eigenvalue weighted by atomic mass is 16.2. The fourth-order valence-electron chi connectivity index (χ4n) is 2.57. The summed E-state index contributed by atoms with van der Waals surface area (Å²) in [6.07, 6.45) is 4.38. The molecule has 132 valence electrons. The van der Waals surface area contributed by atoms with Gasteiger partial charge in [-0.3, -0.25) is 9.59 Å². The topological polar surface area (TPSA) is 76.0 Å². The first-order chi connectivity index (χ1) is 12.6. The average molecular weight is 348 g/mol. The number of anilines is 1. The van der Waals surface area contributed by atoms with Crippen molar-refractivity contribution in [3.05, 3.63) is 78.1 Å². The van der Waals surface area contributed by atoms with Gasteiger partial charge in [-0.1, -0.05) is 12.1 Å². The van der Waals surface area contributed by atoms with E-state index < -0.39 is 0 Å². The van der Waals surface area contributed by atoms with Gasteiger partial charge in [0.05, 0.1) is 5.69 Å². The summed E-state index contributed by atoms with van der Waals surface area (Å²) in [6.45, 7) is 2.00. The zero-order chi connectivity index (χ0) is 18.4. The van der Waals surface area contributed by atoms with Crippen molar-refractivity contribution in [3.8, 4) is 5.69 Å². The smallest absolute Gasteiger partial charge is 0.251 e. The molecule has 0 aliphatic heterocycles. The van der Waals surface area contributed by atoms with Crippen LogP contribution in [0.15, 0.2) is 67.0 Å². The molecule has 6 heteroatoms. The Hall–Kier alpha value is -3.41. The van der Waals surface area contributed by atoms with E-state index in [0.717, 1.165) is 17.7 Å². The average Bonchev–Trinajstić information content (AvgIpc) is 3.17. The Morgan fingerprint density at radius 3 is 2.38 bits per heavy atom. The summed E-state index contributed by atoms with van der Waals surface area (Å²) in [5, 5.41) is 9.77. The molecule has 3 rings (SSSR count). The van der Waals surface area contributed by atoms with Gasteiger partial charge in [-0.15, -0.1) is 0 Å². The number of hydrogen-bond donors (Lipinski definition) is 2. The maximum absolute atomic E-state index is 12.2. The number of aromatic nitrogens is 2. The second kappa shape index (κ2) is 8.11. The molecule has 0 unspecified atom stereocenters. The van der Waals surface area contributed by atoms with Crippen molar-refractivity contribution in [1.29, 1.82) is 0 Å². The van der Waals surface area contributed by atoms with Crippen LogP contribution in [0, 0.1) is 0 Å². The molecule has 2 amide bonds. The van der Waals surface area contributed by atoms with E-state index in [9.17, 15) is 9.59 Å². The molecule has 2 N–H and O–H groups in total. The maximum atomic E-state index is 12.2. The number of rotatable bonds is 6. The van der Waals surface area contributed by atoms with E-state index in [2.05, 4.69) is 15.7 Å². The Labute approximate surface area is 151 Å². The maximum Gasteiger partial charge on any atom is 0.251 e. The zero-order valence-corrected chi connectivity index (χ0v) is 14.5. The van der Waals surface area contributed by atoms with Crippen LogP contribution < -0.4 is 10.6 Å². The largest absolute Gasteiger partial charge is 0.352 e. The fraction of sp³-hybridized carbons (Fsp3) is 0.150. The summed E-state index contributed by atoms with van der Waals surface area (Å²) in [4.78, 5) is 23.2. The first-order valence-electron chi connectivity index (χ1n) is 8.36. The van der Waals surface area contributed by atoms with Gasteiger partial charge in [0.1, 0.15) is 0 Å². The summed E-state index contributed by atoms with van der Waals surface area (Å²) in [5.74, 6) is -0.270. The molecule has 0 saturated carbocycles. The lowest BCUT2D eigenvalue weighted by Crippen LogP contribution is -2.25. The third-order valence-corrected chi connectivity index (χ3v) is 3.87. The van der Waals surface area contributed by atoms with Gasteiger partial charge >= 0.3 is 0 Å². The minimum Gasteiger partial charge on any atom is -0.352 e. The number of nitrogens with zero attached hydrogens (tertiary/aromatic N) is 2. The molecule has 26 heavy (non-hydrogen) atoms. The first-order valence-corrected chi connectivity index (χ1v) is 8.36. The summed E-state index contributed by atoms with van der Waals surface area (Å²) in [7, 11) is 0. The molecule has 0 spiro atoms. The second-order valence-corrected chi connectivity index (χ2v) is 5.88. The summed E-state index contributed by atoms with van der Waals surface area (Å²) >= 11 is 0. The molecule has 0 atom stereocenters. The van der Waals surface area contributed by atoms with Crippen LogP contribution in [0.2, 0.25) is 0 Å². The molecule has 0 saturated heterocycles. The van der Waals surface area contributed by atoms with Gasteiger partial charge in [0.2, 0.25) is 5.91 Å². The van der Waals surface area contributed by atoms with Crippen LogP contribution >= 0.6 is 0 Å². The molecule has 0 bridgehead atoms. The molecule has 0 fully saturated rings. The van der Waals surface area contributed by atoms with Gasteiger partial charge in [0, 0.05) is 37.1 Å². The standard InChI is InChI=1S/C20H20N4O2/c1-15(25)23-18-7-5-17(6-8-18)20(26)21-13-11-16-3-9-19(10-4-16)24-14-2-12-22-24/h2-10,12,14H,11,13H2,1H3,(H,21,26)(H,23,25). The van der Waals surface area contributed by atoms with Crippen LogP contribution in [0.5, 0.6) is 0 Å². The van der Waals surface area contributed by atoms with Gasteiger partial charge in [-0.25, -0.2) is 4.68 Å². The van der Waals surface area contributed by atoms with Crippen molar-refractivity contribution in [2.75, 3.05) is 11.9 Å². The minimum atomic E-state index is -0.138. The monoisotopic (exact) mass is 348 g/mol. The lowest BCUT2D eigenvalue weighted by molar-refractivity contribution is -0.114. The van der Waals surface area contributed by atoms with Crippen molar-refractivity contribution in [1.82, 2.24) is 15.1 Å². The third kappa shape index (κ3) is 4.57. The number of amides is 2. The quantitative estimate of drug-likeness (QED) is 0.719. The van der Waals surface area contributed by atoms with Crippen LogP contribution in [-0.2, 0) is 11.2 Å². The van der Waals surface area contributed by atoms with Crippen LogP contribution in [0.4, 0.5) is 5.69 Å². The number of carbonyl (C=O) groups excluding carboxylic acids is 2. The number of nitrogens with one attached hydrogen (secondary N) is 2. The third-order valence-electron chi connectivity index (χ3n) is 3.87. The Balaban J connectivity index is 1.49. The molecule has 2 aromatic carbocycles. The summed E-state index contributed by atoms with van der Waals surface area (Å²) in [5.41, 5.74) is 3.38. The molecular formula is C20H20N4O2. The SMILES string of the molecule is CC(=O)Nc1ccc(C(=O)NCCc2ccc(-n3cccn3)cc2)cc1. The van der Waals surface area contributed by atoms with Crippen molar-refractivity contribution < 1.29 is 9.59 Å². The van der Waals surface area contributed by atoms with Gasteiger partial charge in [-0.05, 0) is 54.4 Å². The zero-order valence-electron chi connectivity index (χ0n) is 14.5. The van der Waals surface area contributed by atoms with E-state index in [1.807, 2.05) is 36.5 Å². The van der Waals surface area contributed by atoms with Crippen LogP contribution in [0.25, 0.3) is 5.69 Å². The molecule has 6 nitrogen and oxygen atoms in total. The second-order valence-electron chi connectivity index (χ2n) is 5.88. The van der Waals surface area contributed by atoms with Crippen LogP contribution in [0.1, 0.15) is 22.8 Å². The van der Waals surface area contributed by atoms with Gasteiger partial charge < -0.3 is 10.6 Å².